The molecule has 0 aliphatic heterocycles. The SMILES string of the molecule is CNC(C)c1oc2ccc(C(C)C)cc2c1C. The number of fused-ring (bicyclic) bond motifs is 1. The molecule has 1 aromatic heterocycles. The summed E-state index contributed by atoms with van der Waals surface area (Å²) in [5, 5.41) is 4.47. The predicted octanol–water partition coefficient (Wildman–Crippen LogP) is 4.15. The topological polar surface area (TPSA) is 25.2 Å². The summed E-state index contributed by atoms with van der Waals surface area (Å²) in [6, 6.07) is 6.75. The molecule has 0 bridgehead atoms. The van der Waals surface area contributed by atoms with Gasteiger partial charge in [0.25, 0.3) is 0 Å². The van der Waals surface area contributed by atoms with Gasteiger partial charge in [-0.2, -0.15) is 0 Å². The van der Waals surface area contributed by atoms with E-state index in [4.69, 9.17) is 4.42 Å². The molecule has 0 radical (unpaired) electrons. The molecule has 0 fully saturated rings. The van der Waals surface area contributed by atoms with Crippen molar-refractivity contribution in [2.45, 2.75) is 39.7 Å². The van der Waals surface area contributed by atoms with Gasteiger partial charge in [0.15, 0.2) is 0 Å². The Bertz CT molecular complexity index is 525. The summed E-state index contributed by atoms with van der Waals surface area (Å²) in [5.74, 6) is 1.60. The van der Waals surface area contributed by atoms with Crippen LogP contribution in [0.2, 0.25) is 0 Å². The van der Waals surface area contributed by atoms with Gasteiger partial charge in [-0.1, -0.05) is 19.9 Å². The fourth-order valence-corrected chi connectivity index (χ4v) is 2.16. The van der Waals surface area contributed by atoms with Gasteiger partial charge in [0, 0.05) is 5.39 Å². The van der Waals surface area contributed by atoms with E-state index in [1.54, 1.807) is 0 Å². The third-order valence-electron chi connectivity index (χ3n) is 3.49. The lowest BCUT2D eigenvalue weighted by Gasteiger charge is -2.07. The molecule has 1 N–H and O–H groups in total. The van der Waals surface area contributed by atoms with Crippen molar-refractivity contribution < 1.29 is 4.42 Å². The molecule has 0 spiro atoms. The average molecular weight is 231 g/mol. The van der Waals surface area contributed by atoms with Gasteiger partial charge in [-0.15, -0.1) is 0 Å². The lowest BCUT2D eigenvalue weighted by molar-refractivity contribution is 0.471. The first-order valence-corrected chi connectivity index (χ1v) is 6.24. The van der Waals surface area contributed by atoms with Gasteiger partial charge >= 0.3 is 0 Å². The van der Waals surface area contributed by atoms with Crippen LogP contribution in [0, 0.1) is 6.92 Å². The number of benzene rings is 1. The van der Waals surface area contributed by atoms with Crippen molar-refractivity contribution >= 4 is 11.0 Å². The van der Waals surface area contributed by atoms with Gasteiger partial charge in [-0.25, -0.2) is 0 Å². The highest BCUT2D eigenvalue weighted by molar-refractivity contribution is 5.83. The molecule has 1 heterocycles. The van der Waals surface area contributed by atoms with Crippen LogP contribution in [0.15, 0.2) is 22.6 Å². The number of hydrogen-bond acceptors (Lipinski definition) is 2. The van der Waals surface area contributed by atoms with Crippen molar-refractivity contribution in [3.8, 4) is 0 Å². The summed E-state index contributed by atoms with van der Waals surface area (Å²) in [7, 11) is 1.96. The van der Waals surface area contributed by atoms with Gasteiger partial charge in [0.1, 0.15) is 11.3 Å². The Labute approximate surface area is 103 Å². The van der Waals surface area contributed by atoms with E-state index in [1.165, 1.54) is 16.5 Å². The van der Waals surface area contributed by atoms with Crippen LogP contribution in [0.3, 0.4) is 0 Å². The molecule has 1 unspecified atom stereocenters. The van der Waals surface area contributed by atoms with Crippen LogP contribution >= 0.6 is 0 Å². The Balaban J connectivity index is 2.58. The Kier molecular flexibility index (Phi) is 3.25. The molecule has 1 atom stereocenters. The number of furan rings is 1. The monoisotopic (exact) mass is 231 g/mol. The summed E-state index contributed by atoms with van der Waals surface area (Å²) in [5.41, 5.74) is 3.61. The van der Waals surface area contributed by atoms with E-state index in [2.05, 4.69) is 51.2 Å². The largest absolute Gasteiger partial charge is 0.459 e. The summed E-state index contributed by atoms with van der Waals surface area (Å²) in [6.45, 7) is 8.69. The Morgan fingerprint density at radius 3 is 2.47 bits per heavy atom. The quantitative estimate of drug-likeness (QED) is 0.858. The Hall–Kier alpha value is -1.28. The average Bonchev–Trinajstić information content (AvgIpc) is 2.65. The summed E-state index contributed by atoms with van der Waals surface area (Å²) in [6.07, 6.45) is 0. The first kappa shape index (κ1) is 12.2. The molecule has 2 heteroatoms. The normalized spacial score (nSPS) is 13.5. The van der Waals surface area contributed by atoms with E-state index >= 15 is 0 Å². The van der Waals surface area contributed by atoms with Crippen LogP contribution in [-0.4, -0.2) is 7.05 Å². The summed E-state index contributed by atoms with van der Waals surface area (Å²) >= 11 is 0. The van der Waals surface area contributed by atoms with Gasteiger partial charge < -0.3 is 9.73 Å². The fraction of sp³-hybridized carbons (Fsp3) is 0.467. The zero-order chi connectivity index (χ0) is 12.6. The van der Waals surface area contributed by atoms with Crippen LogP contribution in [-0.2, 0) is 0 Å². The standard InChI is InChI=1S/C15H21NO/c1-9(2)12-6-7-14-13(8-12)10(3)15(17-14)11(4)16-5/h6-9,11,16H,1-5H3. The second-order valence-corrected chi connectivity index (χ2v) is 5.01. The first-order valence-electron chi connectivity index (χ1n) is 6.24. The minimum Gasteiger partial charge on any atom is -0.459 e. The summed E-state index contributed by atoms with van der Waals surface area (Å²) < 4.78 is 5.92. The Morgan fingerprint density at radius 1 is 1.18 bits per heavy atom. The van der Waals surface area contributed by atoms with E-state index in [-0.39, 0.29) is 6.04 Å². The second-order valence-electron chi connectivity index (χ2n) is 5.01. The molecule has 2 rings (SSSR count). The molecule has 1 aromatic carbocycles. The number of aryl methyl sites for hydroxylation is 1. The molecule has 0 aliphatic carbocycles. The van der Waals surface area contributed by atoms with Gasteiger partial charge in [-0.05, 0) is 50.1 Å². The van der Waals surface area contributed by atoms with Crippen LogP contribution < -0.4 is 5.32 Å². The minimum absolute atomic E-state index is 0.255. The van der Waals surface area contributed by atoms with Crippen LogP contribution in [0.5, 0.6) is 0 Å². The fourth-order valence-electron chi connectivity index (χ4n) is 2.16. The molecular formula is C15H21NO. The molecule has 0 amide bonds. The molecule has 2 aromatic rings. The number of hydrogen-bond donors (Lipinski definition) is 1. The maximum absolute atomic E-state index is 5.92. The van der Waals surface area contributed by atoms with Crippen molar-refractivity contribution in [3.63, 3.8) is 0 Å². The van der Waals surface area contributed by atoms with Crippen LogP contribution in [0.1, 0.15) is 49.6 Å². The predicted molar refractivity (Wildman–Crippen MR) is 72.5 cm³/mol. The third-order valence-corrected chi connectivity index (χ3v) is 3.49. The first-order chi connectivity index (χ1) is 8.04. The van der Waals surface area contributed by atoms with Crippen molar-refractivity contribution in [1.29, 1.82) is 0 Å². The van der Waals surface area contributed by atoms with Crippen LogP contribution in [0.25, 0.3) is 11.0 Å². The van der Waals surface area contributed by atoms with Crippen molar-refractivity contribution in [2.75, 3.05) is 7.05 Å². The highest BCUT2D eigenvalue weighted by atomic mass is 16.3. The number of nitrogens with one attached hydrogen (secondary N) is 1. The molecular weight excluding hydrogens is 210 g/mol. The molecule has 2 nitrogen and oxygen atoms in total. The zero-order valence-corrected chi connectivity index (χ0v) is 11.3. The molecule has 92 valence electrons. The lowest BCUT2D eigenvalue weighted by atomic mass is 10.00. The van der Waals surface area contributed by atoms with E-state index in [0.717, 1.165) is 11.3 Å². The lowest BCUT2D eigenvalue weighted by Crippen LogP contribution is -2.12. The van der Waals surface area contributed by atoms with Gasteiger partial charge in [0.05, 0.1) is 6.04 Å². The Morgan fingerprint density at radius 2 is 1.88 bits per heavy atom. The number of rotatable bonds is 3. The second kappa shape index (κ2) is 4.53. The smallest absolute Gasteiger partial charge is 0.134 e. The zero-order valence-electron chi connectivity index (χ0n) is 11.3. The van der Waals surface area contributed by atoms with Gasteiger partial charge in [0.2, 0.25) is 0 Å². The highest BCUT2D eigenvalue weighted by Gasteiger charge is 2.15. The van der Waals surface area contributed by atoms with Crippen molar-refractivity contribution in [3.05, 3.63) is 35.1 Å². The van der Waals surface area contributed by atoms with Crippen LogP contribution in [0.4, 0.5) is 0 Å². The molecule has 0 saturated heterocycles. The summed E-state index contributed by atoms with van der Waals surface area (Å²) in [4.78, 5) is 0. The minimum atomic E-state index is 0.255. The third kappa shape index (κ3) is 2.09. The maximum atomic E-state index is 5.92. The molecule has 17 heavy (non-hydrogen) atoms. The van der Waals surface area contributed by atoms with E-state index in [1.807, 2.05) is 7.05 Å². The van der Waals surface area contributed by atoms with Crippen molar-refractivity contribution in [1.82, 2.24) is 5.32 Å². The van der Waals surface area contributed by atoms with E-state index < -0.39 is 0 Å². The van der Waals surface area contributed by atoms with Crippen molar-refractivity contribution in [2.24, 2.45) is 0 Å². The van der Waals surface area contributed by atoms with E-state index in [9.17, 15) is 0 Å². The van der Waals surface area contributed by atoms with Gasteiger partial charge in [-0.3, -0.25) is 0 Å². The molecule has 0 saturated carbocycles. The van der Waals surface area contributed by atoms with E-state index in [0.29, 0.717) is 5.92 Å². The highest BCUT2D eigenvalue weighted by Crippen LogP contribution is 2.31. The maximum Gasteiger partial charge on any atom is 0.134 e. The molecule has 0 aliphatic rings.